The molecule has 8 heavy (non-hydrogen) atoms. The summed E-state index contributed by atoms with van der Waals surface area (Å²) in [6.07, 6.45) is 1.64. The van der Waals surface area contributed by atoms with Crippen LogP contribution in [0.4, 0.5) is 0 Å². The first-order valence-corrected chi connectivity index (χ1v) is 3.42. The molecule has 0 bridgehead atoms. The van der Waals surface area contributed by atoms with Crippen LogP contribution in [-0.2, 0) is 10.8 Å². The van der Waals surface area contributed by atoms with Crippen molar-refractivity contribution in [3.63, 3.8) is 0 Å². The number of aliphatic hydroxyl groups excluding tert-OH is 1. The third-order valence-corrected chi connectivity index (χ3v) is 2.06. The highest BCUT2D eigenvalue weighted by molar-refractivity contribution is 7.91. The Morgan fingerprint density at radius 2 is 2.38 bits per heavy atom. The molecule has 0 saturated heterocycles. The predicted molar refractivity (Wildman–Crippen MR) is 32.6 cm³/mol. The Balaban J connectivity index is 3.02. The van der Waals surface area contributed by atoms with Crippen molar-refractivity contribution in [2.45, 2.75) is 6.92 Å². The van der Waals surface area contributed by atoms with Gasteiger partial charge in [0, 0.05) is 11.0 Å². The summed E-state index contributed by atoms with van der Waals surface area (Å²) in [4.78, 5) is 0. The average Bonchev–Trinajstić information content (AvgIpc) is 1.98. The van der Waals surface area contributed by atoms with Crippen LogP contribution in [0.25, 0.3) is 0 Å². The topological polar surface area (TPSA) is 37.3 Å². The lowest BCUT2D eigenvalue weighted by molar-refractivity contribution is 0.447. The Morgan fingerprint density at radius 3 is 2.50 bits per heavy atom. The van der Waals surface area contributed by atoms with Gasteiger partial charge in [-0.25, -0.2) is 4.21 Å². The summed E-state index contributed by atoms with van der Waals surface area (Å²) >= 11 is 0. The van der Waals surface area contributed by atoms with E-state index in [4.69, 9.17) is 5.11 Å². The molecule has 1 aliphatic rings. The molecule has 0 aromatic heterocycles. The van der Waals surface area contributed by atoms with Crippen molar-refractivity contribution in [1.82, 2.24) is 0 Å². The van der Waals surface area contributed by atoms with Gasteiger partial charge in [-0.1, -0.05) is 0 Å². The summed E-state index contributed by atoms with van der Waals surface area (Å²) in [6.45, 7) is 1.72. The van der Waals surface area contributed by atoms with E-state index in [1.54, 1.807) is 13.0 Å². The highest BCUT2D eigenvalue weighted by Gasteiger charge is 2.09. The van der Waals surface area contributed by atoms with Crippen molar-refractivity contribution in [3.8, 4) is 0 Å². The summed E-state index contributed by atoms with van der Waals surface area (Å²) in [7, 11) is -1.24. The molecule has 0 aromatic carbocycles. The number of hydrogen-bond acceptors (Lipinski definition) is 2. The van der Waals surface area contributed by atoms with E-state index in [2.05, 4.69) is 0 Å². The molecule has 1 rings (SSSR count). The maximum atomic E-state index is 10.5. The lowest BCUT2D eigenvalue weighted by atomic mass is 10.3. The SMILES string of the molecule is CC1=C(O)S(=O)C=C1. The minimum absolute atomic E-state index is 0.00926. The molecule has 0 aliphatic carbocycles. The first-order chi connectivity index (χ1) is 3.72. The van der Waals surface area contributed by atoms with Crippen LogP contribution in [0.15, 0.2) is 22.1 Å². The van der Waals surface area contributed by atoms with Crippen molar-refractivity contribution < 1.29 is 9.32 Å². The van der Waals surface area contributed by atoms with Crippen LogP contribution in [-0.4, -0.2) is 9.32 Å². The van der Waals surface area contributed by atoms with Gasteiger partial charge >= 0.3 is 0 Å². The maximum absolute atomic E-state index is 10.5. The first kappa shape index (κ1) is 5.56. The normalized spacial score (nSPS) is 27.4. The molecule has 44 valence electrons. The zero-order valence-electron chi connectivity index (χ0n) is 4.42. The van der Waals surface area contributed by atoms with Crippen LogP contribution < -0.4 is 0 Å². The number of hydrogen-bond donors (Lipinski definition) is 1. The van der Waals surface area contributed by atoms with E-state index in [0.29, 0.717) is 5.57 Å². The minimum atomic E-state index is -1.24. The van der Waals surface area contributed by atoms with Gasteiger partial charge in [0.15, 0.2) is 5.09 Å². The second-order valence-electron chi connectivity index (χ2n) is 1.59. The predicted octanol–water partition coefficient (Wildman–Crippen LogP) is 1.05. The number of aliphatic hydroxyl groups is 1. The van der Waals surface area contributed by atoms with Crippen molar-refractivity contribution in [2.24, 2.45) is 0 Å². The molecular weight excluding hydrogens is 124 g/mol. The van der Waals surface area contributed by atoms with Crippen LogP contribution in [0.2, 0.25) is 0 Å². The largest absolute Gasteiger partial charge is 0.500 e. The lowest BCUT2D eigenvalue weighted by Crippen LogP contribution is -1.84. The fourth-order valence-electron chi connectivity index (χ4n) is 0.458. The third-order valence-electron chi connectivity index (χ3n) is 0.970. The molecule has 1 atom stereocenters. The van der Waals surface area contributed by atoms with Crippen molar-refractivity contribution in [3.05, 3.63) is 22.1 Å². The second kappa shape index (κ2) is 1.74. The van der Waals surface area contributed by atoms with Gasteiger partial charge in [0.1, 0.15) is 10.8 Å². The summed E-state index contributed by atoms with van der Waals surface area (Å²) < 4.78 is 10.5. The zero-order chi connectivity index (χ0) is 6.15. The van der Waals surface area contributed by atoms with E-state index >= 15 is 0 Å². The van der Waals surface area contributed by atoms with Crippen molar-refractivity contribution in [1.29, 1.82) is 0 Å². The first-order valence-electron chi connectivity index (χ1n) is 2.20. The van der Waals surface area contributed by atoms with E-state index in [0.717, 1.165) is 0 Å². The molecule has 1 unspecified atom stereocenters. The molecular formula is C5H6O2S. The van der Waals surface area contributed by atoms with Crippen LogP contribution in [0.1, 0.15) is 6.92 Å². The van der Waals surface area contributed by atoms with Gasteiger partial charge in [0.25, 0.3) is 0 Å². The van der Waals surface area contributed by atoms with Gasteiger partial charge in [-0.15, -0.1) is 0 Å². The van der Waals surface area contributed by atoms with Gasteiger partial charge in [0.2, 0.25) is 0 Å². The fraction of sp³-hybridized carbons (Fsp3) is 0.200. The monoisotopic (exact) mass is 130 g/mol. The van der Waals surface area contributed by atoms with E-state index in [9.17, 15) is 4.21 Å². The summed E-state index contributed by atoms with van der Waals surface area (Å²) in [5.41, 5.74) is 0.698. The molecule has 2 nitrogen and oxygen atoms in total. The quantitative estimate of drug-likeness (QED) is 0.532. The molecule has 1 aliphatic heterocycles. The zero-order valence-corrected chi connectivity index (χ0v) is 5.23. The molecule has 0 saturated carbocycles. The minimum Gasteiger partial charge on any atom is -0.500 e. The number of rotatable bonds is 0. The maximum Gasteiger partial charge on any atom is 0.188 e. The summed E-state index contributed by atoms with van der Waals surface area (Å²) in [5.74, 6) is 0. The van der Waals surface area contributed by atoms with Crippen LogP contribution in [0.5, 0.6) is 0 Å². The molecule has 0 radical (unpaired) electrons. The highest BCUT2D eigenvalue weighted by atomic mass is 32.2. The molecule has 1 heterocycles. The summed E-state index contributed by atoms with van der Waals surface area (Å²) in [5, 5.41) is 10.2. The van der Waals surface area contributed by atoms with E-state index < -0.39 is 10.8 Å². The molecule has 0 fully saturated rings. The molecule has 0 amide bonds. The van der Waals surface area contributed by atoms with Gasteiger partial charge < -0.3 is 5.11 Å². The molecule has 0 aromatic rings. The Hall–Kier alpha value is -0.570. The smallest absolute Gasteiger partial charge is 0.188 e. The van der Waals surface area contributed by atoms with Gasteiger partial charge in [-0.05, 0) is 13.0 Å². The average molecular weight is 130 g/mol. The Labute approximate surface area is 50.0 Å². The molecule has 0 spiro atoms. The van der Waals surface area contributed by atoms with Gasteiger partial charge in [0.05, 0.1) is 0 Å². The third kappa shape index (κ3) is 0.690. The molecule has 1 N–H and O–H groups in total. The second-order valence-corrected chi connectivity index (χ2v) is 2.84. The highest BCUT2D eigenvalue weighted by Crippen LogP contribution is 2.14. The molecule has 3 heteroatoms. The van der Waals surface area contributed by atoms with E-state index in [-0.39, 0.29) is 5.09 Å². The Bertz CT molecular complexity index is 187. The van der Waals surface area contributed by atoms with Gasteiger partial charge in [-0.3, -0.25) is 0 Å². The Kier molecular flexibility index (Phi) is 1.21. The van der Waals surface area contributed by atoms with Gasteiger partial charge in [-0.2, -0.15) is 0 Å². The fourth-order valence-corrected chi connectivity index (χ4v) is 1.30. The Morgan fingerprint density at radius 1 is 1.75 bits per heavy atom. The van der Waals surface area contributed by atoms with Crippen LogP contribution >= 0.6 is 0 Å². The van der Waals surface area contributed by atoms with E-state index in [1.807, 2.05) is 0 Å². The standard InChI is InChI=1S/C5H6O2S/c1-4-2-3-8(7)5(4)6/h2-3,6H,1H3. The van der Waals surface area contributed by atoms with E-state index in [1.165, 1.54) is 5.41 Å². The lowest BCUT2D eigenvalue weighted by Gasteiger charge is -1.86. The van der Waals surface area contributed by atoms with Crippen molar-refractivity contribution in [2.75, 3.05) is 0 Å². The number of allylic oxidation sites excluding steroid dienone is 2. The van der Waals surface area contributed by atoms with Crippen molar-refractivity contribution >= 4 is 10.8 Å². The summed E-state index contributed by atoms with van der Waals surface area (Å²) in [6, 6.07) is 0. The van der Waals surface area contributed by atoms with Crippen LogP contribution in [0, 0.1) is 0 Å². The van der Waals surface area contributed by atoms with Crippen LogP contribution in [0.3, 0.4) is 0 Å².